The van der Waals surface area contributed by atoms with Crippen LogP contribution in [-0.4, -0.2) is 42.0 Å². The van der Waals surface area contributed by atoms with Gasteiger partial charge in [-0.25, -0.2) is 0 Å². The summed E-state index contributed by atoms with van der Waals surface area (Å²) in [5.41, 5.74) is 0. The molecule has 3 nitrogen and oxygen atoms in total. The summed E-state index contributed by atoms with van der Waals surface area (Å²) in [6.45, 7) is 6.75. The lowest BCUT2D eigenvalue weighted by Crippen LogP contribution is -2.29. The van der Waals surface area contributed by atoms with Gasteiger partial charge in [-0.3, -0.25) is 4.21 Å². The van der Waals surface area contributed by atoms with Crippen molar-refractivity contribution in [1.29, 1.82) is 0 Å². The van der Waals surface area contributed by atoms with Gasteiger partial charge in [-0.05, 0) is 33.2 Å². The van der Waals surface area contributed by atoms with Gasteiger partial charge in [0.05, 0.1) is 0 Å². The third kappa shape index (κ3) is 10.2. The normalized spacial score (nSPS) is 15.4. The maximum absolute atomic E-state index is 10.8. The van der Waals surface area contributed by atoms with Gasteiger partial charge in [0.2, 0.25) is 0 Å². The Morgan fingerprint density at radius 1 is 1.50 bits per heavy atom. The van der Waals surface area contributed by atoms with E-state index in [2.05, 4.69) is 12.2 Å². The molecule has 2 unspecified atom stereocenters. The lowest BCUT2D eigenvalue weighted by Gasteiger charge is -2.12. The molecule has 0 aromatic carbocycles. The number of nitrogens with one attached hydrogen (secondary N) is 1. The fourth-order valence-electron chi connectivity index (χ4n) is 1.11. The van der Waals surface area contributed by atoms with Gasteiger partial charge in [0, 0.05) is 42.1 Å². The Morgan fingerprint density at radius 3 is 2.79 bits per heavy atom. The highest BCUT2D eigenvalue weighted by molar-refractivity contribution is 7.84. The van der Waals surface area contributed by atoms with Crippen LogP contribution in [0.5, 0.6) is 0 Å². The molecule has 0 heterocycles. The molecule has 0 spiro atoms. The van der Waals surface area contributed by atoms with E-state index in [1.807, 2.05) is 6.92 Å². The Labute approximate surface area is 90.1 Å². The first-order valence-corrected chi connectivity index (χ1v) is 7.00. The monoisotopic (exact) mass is 221 g/mol. The first-order chi connectivity index (χ1) is 6.66. The van der Waals surface area contributed by atoms with Crippen LogP contribution in [0.1, 0.15) is 26.7 Å². The summed E-state index contributed by atoms with van der Waals surface area (Å²) in [7, 11) is -0.661. The molecule has 0 amide bonds. The third-order valence-electron chi connectivity index (χ3n) is 2.00. The van der Waals surface area contributed by atoms with Crippen molar-refractivity contribution >= 4 is 10.8 Å². The Kier molecular flexibility index (Phi) is 9.67. The standard InChI is InChI=1S/C10H23NO2S/c1-4-13-8-5-7-11-10(2)6-9-14(3)12/h10-11H,4-9H2,1-3H3. The van der Waals surface area contributed by atoms with E-state index >= 15 is 0 Å². The van der Waals surface area contributed by atoms with Crippen molar-refractivity contribution in [3.63, 3.8) is 0 Å². The predicted octanol–water partition coefficient (Wildman–Crippen LogP) is 1.16. The molecule has 4 heteroatoms. The van der Waals surface area contributed by atoms with E-state index in [1.165, 1.54) is 0 Å². The Bertz CT molecular complexity index is 153. The van der Waals surface area contributed by atoms with E-state index in [0.29, 0.717) is 6.04 Å². The van der Waals surface area contributed by atoms with Gasteiger partial charge < -0.3 is 10.1 Å². The van der Waals surface area contributed by atoms with Crippen molar-refractivity contribution in [1.82, 2.24) is 5.32 Å². The lowest BCUT2D eigenvalue weighted by atomic mass is 10.2. The number of hydrogen-bond donors (Lipinski definition) is 1. The van der Waals surface area contributed by atoms with Gasteiger partial charge in [0.15, 0.2) is 0 Å². The third-order valence-corrected chi connectivity index (χ3v) is 2.81. The minimum absolute atomic E-state index is 0.459. The summed E-state index contributed by atoms with van der Waals surface area (Å²) < 4.78 is 16.1. The minimum atomic E-state index is -0.661. The van der Waals surface area contributed by atoms with Gasteiger partial charge in [0.1, 0.15) is 0 Å². The highest BCUT2D eigenvalue weighted by atomic mass is 32.2. The van der Waals surface area contributed by atoms with Crippen LogP contribution in [0.4, 0.5) is 0 Å². The van der Waals surface area contributed by atoms with Crippen molar-refractivity contribution in [2.45, 2.75) is 32.7 Å². The number of hydrogen-bond acceptors (Lipinski definition) is 3. The van der Waals surface area contributed by atoms with Crippen molar-refractivity contribution in [3.05, 3.63) is 0 Å². The van der Waals surface area contributed by atoms with Gasteiger partial charge in [-0.1, -0.05) is 0 Å². The molecule has 1 N–H and O–H groups in total. The van der Waals surface area contributed by atoms with Crippen LogP contribution in [0.25, 0.3) is 0 Å². The first kappa shape index (κ1) is 14.1. The molecule has 0 aromatic heterocycles. The second-order valence-corrected chi connectivity index (χ2v) is 5.03. The number of ether oxygens (including phenoxy) is 1. The highest BCUT2D eigenvalue weighted by Crippen LogP contribution is 1.92. The number of rotatable bonds is 9. The Hall–Kier alpha value is 0.0700. The predicted molar refractivity (Wildman–Crippen MR) is 62.1 cm³/mol. The van der Waals surface area contributed by atoms with Crippen LogP contribution in [0, 0.1) is 0 Å². The second kappa shape index (κ2) is 9.62. The molecular weight excluding hydrogens is 198 g/mol. The van der Waals surface area contributed by atoms with E-state index in [-0.39, 0.29) is 0 Å². The van der Waals surface area contributed by atoms with E-state index in [1.54, 1.807) is 6.26 Å². The minimum Gasteiger partial charge on any atom is -0.382 e. The highest BCUT2D eigenvalue weighted by Gasteiger charge is 2.01. The molecule has 0 bridgehead atoms. The van der Waals surface area contributed by atoms with Gasteiger partial charge in [-0.2, -0.15) is 0 Å². The average molecular weight is 221 g/mol. The quantitative estimate of drug-likeness (QED) is 0.594. The molecule has 0 aromatic rings. The lowest BCUT2D eigenvalue weighted by molar-refractivity contribution is 0.144. The molecule has 0 aliphatic carbocycles. The zero-order chi connectivity index (χ0) is 10.8. The summed E-state index contributed by atoms with van der Waals surface area (Å²) in [5.74, 6) is 0.791. The van der Waals surface area contributed by atoms with Gasteiger partial charge >= 0.3 is 0 Å². The summed E-state index contributed by atoms with van der Waals surface area (Å²) in [6.07, 6.45) is 3.78. The maximum atomic E-state index is 10.8. The van der Waals surface area contributed by atoms with Crippen molar-refractivity contribution in [2.24, 2.45) is 0 Å². The van der Waals surface area contributed by atoms with E-state index in [9.17, 15) is 4.21 Å². The van der Waals surface area contributed by atoms with Gasteiger partial charge in [-0.15, -0.1) is 0 Å². The molecule has 0 radical (unpaired) electrons. The van der Waals surface area contributed by atoms with E-state index in [0.717, 1.165) is 38.4 Å². The molecule has 14 heavy (non-hydrogen) atoms. The fourth-order valence-corrected chi connectivity index (χ4v) is 1.80. The largest absolute Gasteiger partial charge is 0.382 e. The van der Waals surface area contributed by atoms with Crippen LogP contribution in [0.3, 0.4) is 0 Å². The average Bonchev–Trinajstić information content (AvgIpc) is 2.14. The molecule has 0 saturated carbocycles. The van der Waals surface area contributed by atoms with Crippen molar-refractivity contribution < 1.29 is 8.95 Å². The van der Waals surface area contributed by atoms with Crippen LogP contribution < -0.4 is 5.32 Å². The Morgan fingerprint density at radius 2 is 2.21 bits per heavy atom. The molecule has 86 valence electrons. The molecule has 2 atom stereocenters. The summed E-state index contributed by atoms with van der Waals surface area (Å²) >= 11 is 0. The maximum Gasteiger partial charge on any atom is 0.0477 e. The van der Waals surface area contributed by atoms with Gasteiger partial charge in [0.25, 0.3) is 0 Å². The van der Waals surface area contributed by atoms with E-state index in [4.69, 9.17) is 4.74 Å². The van der Waals surface area contributed by atoms with Crippen LogP contribution in [0.15, 0.2) is 0 Å². The molecular formula is C10H23NO2S. The SMILES string of the molecule is CCOCCCNC(C)CCS(C)=O. The fraction of sp³-hybridized carbons (Fsp3) is 1.00. The summed E-state index contributed by atoms with van der Waals surface area (Å²) in [6, 6.07) is 0.459. The van der Waals surface area contributed by atoms with Crippen molar-refractivity contribution in [2.75, 3.05) is 31.8 Å². The molecule has 0 rings (SSSR count). The topological polar surface area (TPSA) is 38.3 Å². The Balaban J connectivity index is 3.18. The molecule has 0 aliphatic rings. The first-order valence-electron chi connectivity index (χ1n) is 5.28. The smallest absolute Gasteiger partial charge is 0.0477 e. The molecule has 0 aliphatic heterocycles. The summed E-state index contributed by atoms with van der Waals surface area (Å²) in [5, 5.41) is 3.38. The van der Waals surface area contributed by atoms with E-state index < -0.39 is 10.8 Å². The molecule has 0 fully saturated rings. The zero-order valence-corrected chi connectivity index (χ0v) is 10.4. The van der Waals surface area contributed by atoms with Crippen molar-refractivity contribution in [3.8, 4) is 0 Å². The van der Waals surface area contributed by atoms with Crippen LogP contribution in [0.2, 0.25) is 0 Å². The molecule has 0 saturated heterocycles. The summed E-state index contributed by atoms with van der Waals surface area (Å²) in [4.78, 5) is 0. The van der Waals surface area contributed by atoms with Crippen LogP contribution >= 0.6 is 0 Å². The second-order valence-electron chi connectivity index (χ2n) is 3.47. The zero-order valence-electron chi connectivity index (χ0n) is 9.54. The van der Waals surface area contributed by atoms with Crippen LogP contribution in [-0.2, 0) is 15.5 Å².